The molecule has 1 aromatic rings. The zero-order valence-corrected chi connectivity index (χ0v) is 10.9. The van der Waals surface area contributed by atoms with Crippen LogP contribution in [0.1, 0.15) is 30.5 Å². The average Bonchev–Trinajstić information content (AvgIpc) is 2.41. The van der Waals surface area contributed by atoms with Gasteiger partial charge in [0.05, 0.1) is 0 Å². The molecule has 0 amide bonds. The van der Waals surface area contributed by atoms with Crippen molar-refractivity contribution in [1.29, 1.82) is 0 Å². The fourth-order valence-electron chi connectivity index (χ4n) is 2.00. The van der Waals surface area contributed by atoms with Gasteiger partial charge in [0.2, 0.25) is 0 Å². The monoisotopic (exact) mass is 254 g/mol. The molecule has 1 aromatic heterocycles. The first-order valence-corrected chi connectivity index (χ1v) is 6.65. The second kappa shape index (κ2) is 9.03. The van der Waals surface area contributed by atoms with Gasteiger partial charge >= 0.3 is 0 Å². The fraction of sp³-hybridized carbons (Fsp3) is 0.643. The molecule has 102 valence electrons. The fourth-order valence-corrected chi connectivity index (χ4v) is 2.00. The van der Waals surface area contributed by atoms with Crippen LogP contribution >= 0.6 is 0 Å². The van der Waals surface area contributed by atoms with Gasteiger partial charge in [-0.05, 0) is 24.8 Å². The number of aliphatic hydroxyl groups is 3. The predicted molar refractivity (Wildman–Crippen MR) is 69.2 cm³/mol. The number of hydrogen-bond acceptors (Lipinski definition) is 3. The molecule has 0 radical (unpaired) electrons. The molecule has 0 aliphatic rings. The van der Waals surface area contributed by atoms with E-state index in [0.29, 0.717) is 0 Å². The topological polar surface area (TPSA) is 64.6 Å². The predicted octanol–water partition coefficient (Wildman–Crippen LogP) is 0.206. The molecule has 0 spiro atoms. The molecule has 18 heavy (non-hydrogen) atoms. The summed E-state index contributed by atoms with van der Waals surface area (Å²) in [6.07, 6.45) is 6.03. The van der Waals surface area contributed by atoms with Crippen LogP contribution in [-0.4, -0.2) is 35.1 Å². The van der Waals surface area contributed by atoms with E-state index in [2.05, 4.69) is 16.7 Å². The third-order valence-electron chi connectivity index (χ3n) is 2.96. The highest BCUT2D eigenvalue weighted by Gasteiger charge is 2.11. The summed E-state index contributed by atoms with van der Waals surface area (Å²) in [4.78, 5) is 0. The van der Waals surface area contributed by atoms with Gasteiger partial charge in [0.1, 0.15) is 0 Å². The molecule has 0 aromatic carbocycles. The SMILES string of the molecule is OCCCc1cc[n+](CCCO)c(CCCO)c1. The minimum absolute atomic E-state index is 0.193. The molecule has 0 fully saturated rings. The van der Waals surface area contributed by atoms with E-state index in [1.54, 1.807) is 0 Å². The van der Waals surface area contributed by atoms with Crippen molar-refractivity contribution >= 4 is 0 Å². The van der Waals surface area contributed by atoms with Crippen LogP contribution in [0.4, 0.5) is 0 Å². The Kier molecular flexibility index (Phi) is 7.57. The zero-order valence-electron chi connectivity index (χ0n) is 10.9. The lowest BCUT2D eigenvalue weighted by Gasteiger charge is -2.06. The molecule has 3 N–H and O–H groups in total. The van der Waals surface area contributed by atoms with Gasteiger partial charge in [0, 0.05) is 44.8 Å². The quantitative estimate of drug-likeness (QED) is 0.552. The first-order valence-electron chi connectivity index (χ1n) is 6.65. The van der Waals surface area contributed by atoms with Gasteiger partial charge in [-0.1, -0.05) is 0 Å². The molecule has 0 saturated carbocycles. The Morgan fingerprint density at radius 2 is 1.56 bits per heavy atom. The number of aromatic nitrogens is 1. The molecule has 0 saturated heterocycles. The Hall–Kier alpha value is -0.970. The van der Waals surface area contributed by atoms with Gasteiger partial charge in [0.25, 0.3) is 0 Å². The largest absolute Gasteiger partial charge is 0.396 e. The Bertz CT molecular complexity index is 342. The van der Waals surface area contributed by atoms with Gasteiger partial charge in [0.15, 0.2) is 18.4 Å². The molecule has 0 bridgehead atoms. The Balaban J connectivity index is 2.74. The third-order valence-corrected chi connectivity index (χ3v) is 2.96. The lowest BCUT2D eigenvalue weighted by Crippen LogP contribution is -2.38. The minimum Gasteiger partial charge on any atom is -0.396 e. The van der Waals surface area contributed by atoms with Crippen molar-refractivity contribution < 1.29 is 19.9 Å². The summed E-state index contributed by atoms with van der Waals surface area (Å²) in [7, 11) is 0. The summed E-state index contributed by atoms with van der Waals surface area (Å²) < 4.78 is 2.13. The van der Waals surface area contributed by atoms with Crippen LogP contribution < -0.4 is 4.57 Å². The molecule has 0 aliphatic carbocycles. The molecular formula is C14H24NO3+. The third kappa shape index (κ3) is 5.12. The van der Waals surface area contributed by atoms with E-state index < -0.39 is 0 Å². The first kappa shape index (κ1) is 15.1. The summed E-state index contributed by atoms with van der Waals surface area (Å²) >= 11 is 0. The molecule has 1 rings (SSSR count). The smallest absolute Gasteiger partial charge is 0.181 e. The second-order valence-electron chi connectivity index (χ2n) is 4.45. The molecule has 0 aliphatic heterocycles. The number of pyridine rings is 1. The van der Waals surface area contributed by atoms with E-state index in [9.17, 15) is 0 Å². The maximum atomic E-state index is 8.92. The molecular weight excluding hydrogens is 230 g/mol. The summed E-state index contributed by atoms with van der Waals surface area (Å²) in [6, 6.07) is 4.21. The van der Waals surface area contributed by atoms with Crippen molar-refractivity contribution in [2.24, 2.45) is 0 Å². The molecule has 1 heterocycles. The lowest BCUT2D eigenvalue weighted by atomic mass is 10.1. The highest BCUT2D eigenvalue weighted by atomic mass is 16.3. The van der Waals surface area contributed by atoms with Gasteiger partial charge in [-0.25, -0.2) is 4.57 Å². The summed E-state index contributed by atoms with van der Waals surface area (Å²) in [5, 5.41) is 26.7. The van der Waals surface area contributed by atoms with Crippen molar-refractivity contribution in [3.8, 4) is 0 Å². The Labute approximate surface area is 109 Å². The van der Waals surface area contributed by atoms with Crippen LogP contribution in [0.3, 0.4) is 0 Å². The van der Waals surface area contributed by atoms with Crippen molar-refractivity contribution in [2.45, 2.75) is 38.6 Å². The van der Waals surface area contributed by atoms with E-state index in [-0.39, 0.29) is 19.8 Å². The molecule has 4 nitrogen and oxygen atoms in total. The van der Waals surface area contributed by atoms with Gasteiger partial charge in [-0.3, -0.25) is 0 Å². The number of aryl methyl sites for hydroxylation is 3. The van der Waals surface area contributed by atoms with Gasteiger partial charge in [-0.15, -0.1) is 0 Å². The van der Waals surface area contributed by atoms with Crippen molar-refractivity contribution in [1.82, 2.24) is 0 Å². The number of nitrogens with zero attached hydrogens (tertiary/aromatic N) is 1. The Morgan fingerprint density at radius 3 is 2.22 bits per heavy atom. The van der Waals surface area contributed by atoms with Crippen LogP contribution in [0.15, 0.2) is 18.3 Å². The molecule has 0 atom stereocenters. The molecule has 0 unspecified atom stereocenters. The highest BCUT2D eigenvalue weighted by Crippen LogP contribution is 2.06. The lowest BCUT2D eigenvalue weighted by molar-refractivity contribution is -0.704. The van der Waals surface area contributed by atoms with Gasteiger partial charge < -0.3 is 15.3 Å². The van der Waals surface area contributed by atoms with Crippen LogP contribution in [0.2, 0.25) is 0 Å². The van der Waals surface area contributed by atoms with Crippen LogP contribution in [0.25, 0.3) is 0 Å². The summed E-state index contributed by atoms with van der Waals surface area (Å²) in [5.41, 5.74) is 2.41. The highest BCUT2D eigenvalue weighted by molar-refractivity contribution is 5.13. The Morgan fingerprint density at radius 1 is 0.889 bits per heavy atom. The van der Waals surface area contributed by atoms with Crippen LogP contribution in [-0.2, 0) is 19.4 Å². The van der Waals surface area contributed by atoms with E-state index in [4.69, 9.17) is 15.3 Å². The average molecular weight is 254 g/mol. The van der Waals surface area contributed by atoms with Crippen LogP contribution in [0, 0.1) is 0 Å². The second-order valence-corrected chi connectivity index (χ2v) is 4.45. The van der Waals surface area contributed by atoms with Crippen LogP contribution in [0.5, 0.6) is 0 Å². The van der Waals surface area contributed by atoms with Crippen molar-refractivity contribution in [2.75, 3.05) is 19.8 Å². The maximum absolute atomic E-state index is 8.92. The first-order chi connectivity index (χ1) is 8.81. The van der Waals surface area contributed by atoms with E-state index in [0.717, 1.165) is 38.6 Å². The molecule has 4 heteroatoms. The summed E-state index contributed by atoms with van der Waals surface area (Å²) in [6.45, 7) is 1.41. The summed E-state index contributed by atoms with van der Waals surface area (Å²) in [5.74, 6) is 0. The van der Waals surface area contributed by atoms with Crippen molar-refractivity contribution in [3.63, 3.8) is 0 Å². The maximum Gasteiger partial charge on any atom is 0.181 e. The van der Waals surface area contributed by atoms with E-state index in [1.807, 2.05) is 6.20 Å². The van der Waals surface area contributed by atoms with E-state index >= 15 is 0 Å². The zero-order chi connectivity index (χ0) is 13.2. The number of hydrogen-bond donors (Lipinski definition) is 3. The van der Waals surface area contributed by atoms with E-state index in [1.165, 1.54) is 11.3 Å². The minimum atomic E-state index is 0.193. The van der Waals surface area contributed by atoms with Crippen molar-refractivity contribution in [3.05, 3.63) is 29.6 Å². The standard InChI is InChI=1S/C14H24NO3/c16-9-1-4-13-6-8-15(7-3-11-18)14(12-13)5-2-10-17/h6,8,12,16-18H,1-5,7,9-11H2/q+1. The number of rotatable bonds is 9. The van der Waals surface area contributed by atoms with Gasteiger partial charge in [-0.2, -0.15) is 0 Å². The normalized spacial score (nSPS) is 10.8. The number of aliphatic hydroxyl groups excluding tert-OH is 3.